The van der Waals surface area contributed by atoms with Crippen LogP contribution in [-0.4, -0.2) is 34.8 Å². The van der Waals surface area contributed by atoms with Crippen LogP contribution in [0.5, 0.6) is 0 Å². The zero-order valence-electron chi connectivity index (χ0n) is 12.5. The molecule has 120 valence electrons. The number of carbonyl (C=O) groups is 2. The molecule has 2 aromatic rings. The zero-order chi connectivity index (χ0) is 16.2. The molecule has 1 fully saturated rings. The van der Waals surface area contributed by atoms with Crippen LogP contribution in [0.1, 0.15) is 39.3 Å². The monoisotopic (exact) mass is 316 g/mol. The largest absolute Gasteiger partial charge is 0.457 e. The van der Waals surface area contributed by atoms with Gasteiger partial charge in [-0.05, 0) is 25.0 Å². The van der Waals surface area contributed by atoms with Crippen molar-refractivity contribution in [3.05, 3.63) is 59.2 Å². The van der Waals surface area contributed by atoms with Crippen molar-refractivity contribution in [1.82, 2.24) is 9.88 Å². The number of halogens is 1. The van der Waals surface area contributed by atoms with E-state index in [1.165, 1.54) is 18.3 Å². The van der Waals surface area contributed by atoms with Crippen LogP contribution in [0.25, 0.3) is 0 Å². The molecular weight excluding hydrogens is 299 g/mol. The number of esters is 1. The summed E-state index contributed by atoms with van der Waals surface area (Å²) in [5.41, 5.74) is 0.929. The molecule has 0 atom stereocenters. The Morgan fingerprint density at radius 2 is 1.96 bits per heavy atom. The van der Waals surface area contributed by atoms with Gasteiger partial charge in [0.15, 0.2) is 0 Å². The van der Waals surface area contributed by atoms with Gasteiger partial charge in [0.2, 0.25) is 0 Å². The molecule has 1 aromatic carbocycles. The van der Waals surface area contributed by atoms with E-state index in [4.69, 9.17) is 4.74 Å². The van der Waals surface area contributed by atoms with Gasteiger partial charge in [-0.2, -0.15) is 0 Å². The van der Waals surface area contributed by atoms with E-state index in [0.29, 0.717) is 11.3 Å². The zero-order valence-corrected chi connectivity index (χ0v) is 12.5. The Balaban J connectivity index is 1.62. The number of aromatic nitrogens is 1. The van der Waals surface area contributed by atoms with Crippen molar-refractivity contribution in [2.75, 3.05) is 13.1 Å². The Hall–Kier alpha value is -2.63. The van der Waals surface area contributed by atoms with Gasteiger partial charge in [0, 0.05) is 24.8 Å². The number of rotatable bonds is 4. The molecule has 1 amide bonds. The smallest absolute Gasteiger partial charge is 0.340 e. The molecule has 0 spiro atoms. The molecule has 1 aliphatic heterocycles. The third-order valence-corrected chi connectivity index (χ3v) is 3.86. The molecule has 1 N–H and O–H groups in total. The summed E-state index contributed by atoms with van der Waals surface area (Å²) in [7, 11) is 0. The number of likely N-dealkylation sites (tertiary alicyclic amines) is 1. The lowest BCUT2D eigenvalue weighted by atomic mass is 10.2. The summed E-state index contributed by atoms with van der Waals surface area (Å²) >= 11 is 0. The Morgan fingerprint density at radius 1 is 1.22 bits per heavy atom. The van der Waals surface area contributed by atoms with E-state index in [0.717, 1.165) is 25.9 Å². The summed E-state index contributed by atoms with van der Waals surface area (Å²) in [6.45, 7) is 1.34. The second kappa shape index (κ2) is 6.64. The van der Waals surface area contributed by atoms with Crippen molar-refractivity contribution in [2.45, 2.75) is 19.4 Å². The Morgan fingerprint density at radius 3 is 2.70 bits per heavy atom. The first-order valence-corrected chi connectivity index (χ1v) is 7.53. The highest BCUT2D eigenvalue weighted by molar-refractivity contribution is 5.97. The fraction of sp³-hybridized carbons (Fsp3) is 0.294. The summed E-state index contributed by atoms with van der Waals surface area (Å²) in [5.74, 6) is -1.13. The number of nitrogens with zero attached hydrogens (tertiary/aromatic N) is 1. The van der Waals surface area contributed by atoms with Crippen LogP contribution in [0.2, 0.25) is 0 Å². The molecule has 0 bridgehead atoms. The second-order valence-corrected chi connectivity index (χ2v) is 5.47. The van der Waals surface area contributed by atoms with Crippen LogP contribution in [0.3, 0.4) is 0 Å². The van der Waals surface area contributed by atoms with Gasteiger partial charge < -0.3 is 14.6 Å². The Labute approximate surface area is 133 Å². The quantitative estimate of drug-likeness (QED) is 0.882. The van der Waals surface area contributed by atoms with Crippen molar-refractivity contribution < 1.29 is 18.7 Å². The summed E-state index contributed by atoms with van der Waals surface area (Å²) in [4.78, 5) is 28.8. The molecule has 2 heterocycles. The van der Waals surface area contributed by atoms with Crippen molar-refractivity contribution in [3.63, 3.8) is 0 Å². The van der Waals surface area contributed by atoms with Crippen LogP contribution in [0, 0.1) is 5.82 Å². The fourth-order valence-electron chi connectivity index (χ4n) is 2.57. The minimum absolute atomic E-state index is 0.115. The van der Waals surface area contributed by atoms with Gasteiger partial charge in [0.1, 0.15) is 18.1 Å². The minimum Gasteiger partial charge on any atom is -0.457 e. The van der Waals surface area contributed by atoms with Crippen LogP contribution >= 0.6 is 0 Å². The first-order valence-electron chi connectivity index (χ1n) is 7.53. The average Bonchev–Trinajstić information content (AvgIpc) is 3.24. The average molecular weight is 316 g/mol. The van der Waals surface area contributed by atoms with E-state index >= 15 is 0 Å². The molecule has 23 heavy (non-hydrogen) atoms. The summed E-state index contributed by atoms with van der Waals surface area (Å²) in [6, 6.07) is 7.59. The first kappa shape index (κ1) is 15.3. The highest BCUT2D eigenvalue weighted by Crippen LogP contribution is 2.15. The van der Waals surface area contributed by atoms with Crippen molar-refractivity contribution in [2.24, 2.45) is 0 Å². The normalized spacial score (nSPS) is 14.0. The molecule has 1 aliphatic rings. The van der Waals surface area contributed by atoms with Gasteiger partial charge >= 0.3 is 5.97 Å². The molecule has 5 nitrogen and oxygen atoms in total. The van der Waals surface area contributed by atoms with Crippen LogP contribution in [0.15, 0.2) is 36.5 Å². The predicted molar refractivity (Wildman–Crippen MR) is 81.4 cm³/mol. The van der Waals surface area contributed by atoms with E-state index in [1.807, 2.05) is 0 Å². The SMILES string of the molecule is O=C(OCc1ccccc1F)c1c[nH]c(C(=O)N2CCCC2)c1. The molecule has 0 aliphatic carbocycles. The fourth-order valence-corrected chi connectivity index (χ4v) is 2.57. The topological polar surface area (TPSA) is 62.4 Å². The second-order valence-electron chi connectivity index (χ2n) is 5.47. The van der Waals surface area contributed by atoms with Crippen LogP contribution in [-0.2, 0) is 11.3 Å². The van der Waals surface area contributed by atoms with E-state index in [1.54, 1.807) is 23.1 Å². The number of aromatic amines is 1. The van der Waals surface area contributed by atoms with Gasteiger partial charge in [0.05, 0.1) is 5.56 Å². The predicted octanol–water partition coefficient (Wildman–Crippen LogP) is 2.75. The highest BCUT2D eigenvalue weighted by Gasteiger charge is 2.22. The lowest BCUT2D eigenvalue weighted by Gasteiger charge is -2.13. The number of H-pyrrole nitrogens is 1. The summed E-state index contributed by atoms with van der Waals surface area (Å²) in [6.07, 6.45) is 3.45. The maximum atomic E-state index is 13.5. The van der Waals surface area contributed by atoms with Crippen LogP contribution in [0.4, 0.5) is 4.39 Å². The van der Waals surface area contributed by atoms with E-state index in [2.05, 4.69) is 4.98 Å². The van der Waals surface area contributed by atoms with Gasteiger partial charge in [-0.25, -0.2) is 9.18 Å². The summed E-state index contributed by atoms with van der Waals surface area (Å²) in [5, 5.41) is 0. The molecule has 0 radical (unpaired) electrons. The molecular formula is C17H17FN2O3. The van der Waals surface area contributed by atoms with Crippen molar-refractivity contribution in [3.8, 4) is 0 Å². The van der Waals surface area contributed by atoms with E-state index in [-0.39, 0.29) is 18.1 Å². The van der Waals surface area contributed by atoms with Crippen LogP contribution < -0.4 is 0 Å². The third kappa shape index (κ3) is 3.41. The molecule has 0 unspecified atom stereocenters. The standard InChI is InChI=1S/C17H17FN2O3/c18-14-6-2-1-5-12(14)11-23-17(22)13-9-15(19-10-13)16(21)20-7-3-4-8-20/h1-2,5-6,9-10,19H,3-4,7-8,11H2. The third-order valence-electron chi connectivity index (χ3n) is 3.86. The maximum Gasteiger partial charge on any atom is 0.340 e. The van der Waals surface area contributed by atoms with E-state index < -0.39 is 11.8 Å². The number of hydrogen-bond acceptors (Lipinski definition) is 3. The number of hydrogen-bond donors (Lipinski definition) is 1. The minimum atomic E-state index is -0.593. The lowest BCUT2D eigenvalue weighted by molar-refractivity contribution is 0.0469. The van der Waals surface area contributed by atoms with Crippen molar-refractivity contribution >= 4 is 11.9 Å². The first-order chi connectivity index (χ1) is 11.1. The molecule has 6 heteroatoms. The molecule has 0 saturated carbocycles. The van der Waals surface area contributed by atoms with Gasteiger partial charge in [-0.15, -0.1) is 0 Å². The molecule has 1 aromatic heterocycles. The Kier molecular flexibility index (Phi) is 4.41. The lowest BCUT2D eigenvalue weighted by Crippen LogP contribution is -2.27. The number of ether oxygens (including phenoxy) is 1. The number of carbonyl (C=O) groups excluding carboxylic acids is 2. The van der Waals surface area contributed by atoms with Gasteiger partial charge in [-0.3, -0.25) is 4.79 Å². The summed E-state index contributed by atoms with van der Waals surface area (Å²) < 4.78 is 18.6. The van der Waals surface area contributed by atoms with Gasteiger partial charge in [-0.1, -0.05) is 18.2 Å². The molecule has 1 saturated heterocycles. The highest BCUT2D eigenvalue weighted by atomic mass is 19.1. The van der Waals surface area contributed by atoms with Crippen molar-refractivity contribution in [1.29, 1.82) is 0 Å². The maximum absolute atomic E-state index is 13.5. The van der Waals surface area contributed by atoms with E-state index in [9.17, 15) is 14.0 Å². The molecule has 3 rings (SSSR count). The van der Waals surface area contributed by atoms with Gasteiger partial charge in [0.25, 0.3) is 5.91 Å². The number of nitrogens with one attached hydrogen (secondary N) is 1. The number of benzene rings is 1. The number of amides is 1. The Bertz CT molecular complexity index is 720.